The van der Waals surface area contributed by atoms with Crippen molar-refractivity contribution in [3.8, 4) is 50.2 Å². The number of para-hydroxylation sites is 4. The average Bonchev–Trinajstić information content (AvgIpc) is 3.74. The van der Waals surface area contributed by atoms with Crippen molar-refractivity contribution in [1.82, 2.24) is 4.57 Å². The van der Waals surface area contributed by atoms with Crippen molar-refractivity contribution in [3.63, 3.8) is 0 Å². The van der Waals surface area contributed by atoms with E-state index in [2.05, 4.69) is 275 Å². The van der Waals surface area contributed by atoms with Crippen LogP contribution in [0.2, 0.25) is 0 Å². The van der Waals surface area contributed by atoms with Gasteiger partial charge in [-0.15, -0.1) is 0 Å². The first-order valence-electron chi connectivity index (χ1n) is 23.0. The molecule has 0 amide bonds. The highest BCUT2D eigenvalue weighted by Crippen LogP contribution is 2.52. The lowest BCUT2D eigenvalue weighted by molar-refractivity contribution is 1.18. The summed E-state index contributed by atoms with van der Waals surface area (Å²) in [6.45, 7) is 0. The summed E-state index contributed by atoms with van der Waals surface area (Å²) in [4.78, 5) is 4.85. The van der Waals surface area contributed by atoms with Gasteiger partial charge >= 0.3 is 0 Å². The largest absolute Gasteiger partial charge is 0.310 e. The highest BCUT2D eigenvalue weighted by molar-refractivity contribution is 6.17. The van der Waals surface area contributed by atoms with Crippen LogP contribution in [0.25, 0.3) is 82.8 Å². The van der Waals surface area contributed by atoms with Gasteiger partial charge in [0.2, 0.25) is 0 Å². The van der Waals surface area contributed by atoms with Crippen LogP contribution in [0, 0.1) is 0 Å². The number of fused-ring (bicyclic) bond motifs is 5. The quantitative estimate of drug-likeness (QED) is 0.151. The second-order valence-corrected chi connectivity index (χ2v) is 17.3. The molecule has 0 fully saturated rings. The Morgan fingerprint density at radius 3 is 1.54 bits per heavy atom. The summed E-state index contributed by atoms with van der Waals surface area (Å²) in [5.41, 5.74) is 19.8. The second kappa shape index (κ2) is 16.0. The molecule has 11 aromatic carbocycles. The molecule has 1 aliphatic rings. The molecule has 0 saturated heterocycles. The highest BCUT2D eigenvalue weighted by atomic mass is 15.2. The molecule has 0 saturated carbocycles. The molecule has 1 aromatic heterocycles. The molecular formula is C64H43N3. The van der Waals surface area contributed by atoms with Crippen LogP contribution < -0.4 is 9.80 Å². The van der Waals surface area contributed by atoms with Gasteiger partial charge in [0, 0.05) is 50.2 Å². The fourth-order valence-corrected chi connectivity index (χ4v) is 10.5. The van der Waals surface area contributed by atoms with Gasteiger partial charge in [-0.2, -0.15) is 0 Å². The molecule has 12 aromatic rings. The maximum absolute atomic E-state index is 2.43. The monoisotopic (exact) mass is 853 g/mol. The van der Waals surface area contributed by atoms with E-state index >= 15 is 0 Å². The number of hydrogen-bond acceptors (Lipinski definition) is 2. The predicted octanol–water partition coefficient (Wildman–Crippen LogP) is 17.9. The van der Waals surface area contributed by atoms with E-state index in [1.807, 2.05) is 0 Å². The first-order valence-corrected chi connectivity index (χ1v) is 23.0. The van der Waals surface area contributed by atoms with E-state index < -0.39 is 0 Å². The molecule has 0 bridgehead atoms. The Bertz CT molecular complexity index is 3730. The van der Waals surface area contributed by atoms with Gasteiger partial charge in [0.15, 0.2) is 0 Å². The molecule has 0 unspecified atom stereocenters. The predicted molar refractivity (Wildman–Crippen MR) is 283 cm³/mol. The lowest BCUT2D eigenvalue weighted by Crippen LogP contribution is -2.14. The summed E-state index contributed by atoms with van der Waals surface area (Å²) in [5, 5.41) is 4.93. The third kappa shape index (κ3) is 6.51. The van der Waals surface area contributed by atoms with E-state index in [9.17, 15) is 0 Å². The molecule has 3 nitrogen and oxygen atoms in total. The average molecular weight is 854 g/mol. The minimum atomic E-state index is 1.08. The molecule has 0 aliphatic carbocycles. The van der Waals surface area contributed by atoms with Crippen molar-refractivity contribution in [2.45, 2.75) is 0 Å². The first kappa shape index (κ1) is 38.5. The first-order chi connectivity index (χ1) is 33.2. The SMILES string of the molecule is c1ccc(-c2cc(-c3ccccc3)cc(N(c3ccc(-c4ccc5c6c(cccc46)N(c4ccccc4)c4ccccc4-5)cc3)c3ccc4c(c3)c3ccccc3n4-c3ccccc3)c2)cc1. The lowest BCUT2D eigenvalue weighted by Gasteiger charge is -2.34. The minimum Gasteiger partial charge on any atom is -0.310 e. The van der Waals surface area contributed by atoms with E-state index in [4.69, 9.17) is 0 Å². The summed E-state index contributed by atoms with van der Waals surface area (Å²) < 4.78 is 2.38. The fourth-order valence-electron chi connectivity index (χ4n) is 10.5. The van der Waals surface area contributed by atoms with Gasteiger partial charge in [0.05, 0.1) is 22.4 Å². The van der Waals surface area contributed by atoms with Crippen LogP contribution in [0.5, 0.6) is 0 Å². The Hall–Kier alpha value is -8.92. The van der Waals surface area contributed by atoms with Crippen LogP contribution in [0.4, 0.5) is 34.1 Å². The number of benzene rings is 11. The molecule has 0 spiro atoms. The molecule has 0 N–H and O–H groups in total. The van der Waals surface area contributed by atoms with Crippen LogP contribution >= 0.6 is 0 Å². The number of rotatable bonds is 8. The highest BCUT2D eigenvalue weighted by Gasteiger charge is 2.27. The molecule has 314 valence electrons. The van der Waals surface area contributed by atoms with Gasteiger partial charge in [-0.25, -0.2) is 0 Å². The molecule has 0 radical (unpaired) electrons. The van der Waals surface area contributed by atoms with Crippen LogP contribution in [0.15, 0.2) is 261 Å². The number of anilines is 6. The Balaban J connectivity index is 1.00. The Kier molecular flexibility index (Phi) is 9.17. The van der Waals surface area contributed by atoms with Gasteiger partial charge in [-0.05, 0) is 135 Å². The number of nitrogens with zero attached hydrogens (tertiary/aromatic N) is 3. The van der Waals surface area contributed by atoms with Crippen LogP contribution in [-0.2, 0) is 0 Å². The molecule has 0 atom stereocenters. The number of aromatic nitrogens is 1. The minimum absolute atomic E-state index is 1.08. The zero-order chi connectivity index (χ0) is 44.3. The van der Waals surface area contributed by atoms with Gasteiger partial charge in [-0.1, -0.05) is 170 Å². The van der Waals surface area contributed by atoms with Gasteiger partial charge in [0.1, 0.15) is 0 Å². The van der Waals surface area contributed by atoms with Gasteiger partial charge in [-0.3, -0.25) is 0 Å². The van der Waals surface area contributed by atoms with Gasteiger partial charge in [0.25, 0.3) is 0 Å². The third-order valence-electron chi connectivity index (χ3n) is 13.5. The van der Waals surface area contributed by atoms with E-state index in [-0.39, 0.29) is 0 Å². The lowest BCUT2D eigenvalue weighted by atomic mass is 9.87. The van der Waals surface area contributed by atoms with Gasteiger partial charge < -0.3 is 14.4 Å². The summed E-state index contributed by atoms with van der Waals surface area (Å²) in [6.07, 6.45) is 0. The molecule has 13 rings (SSSR count). The Morgan fingerprint density at radius 1 is 0.269 bits per heavy atom. The third-order valence-corrected chi connectivity index (χ3v) is 13.5. The van der Waals surface area contributed by atoms with Crippen molar-refractivity contribution in [3.05, 3.63) is 261 Å². The summed E-state index contributed by atoms with van der Waals surface area (Å²) in [5.74, 6) is 0. The van der Waals surface area contributed by atoms with E-state index in [1.165, 1.54) is 77.3 Å². The smallest absolute Gasteiger partial charge is 0.0546 e. The number of hydrogen-bond donors (Lipinski definition) is 0. The van der Waals surface area contributed by atoms with Crippen molar-refractivity contribution >= 4 is 66.7 Å². The Labute approximate surface area is 390 Å². The summed E-state index contributed by atoms with van der Waals surface area (Å²) in [7, 11) is 0. The fraction of sp³-hybridized carbons (Fsp3) is 0. The Morgan fingerprint density at radius 2 is 0.821 bits per heavy atom. The zero-order valence-electron chi connectivity index (χ0n) is 36.7. The van der Waals surface area contributed by atoms with Crippen molar-refractivity contribution < 1.29 is 0 Å². The normalized spacial score (nSPS) is 11.9. The summed E-state index contributed by atoms with van der Waals surface area (Å²) in [6, 6.07) is 95.0. The van der Waals surface area contributed by atoms with Crippen molar-refractivity contribution in [2.75, 3.05) is 9.80 Å². The van der Waals surface area contributed by atoms with Crippen molar-refractivity contribution in [1.29, 1.82) is 0 Å². The standard InChI is InChI=1S/C64H43N3/c1-5-18-44(19-6-1)47-40-48(45-20-7-2-8-21-45)42-53(41-47)65(52-36-39-62-59(43-52)56-27-14-16-30-61(56)66(62)49-22-9-3-10-23-49)51-34-32-46(33-35-51)54-37-38-58-55-26-13-15-29-60(55)67(50-24-11-4-12-25-50)63-31-17-28-57(54)64(58)63/h1-43H. The van der Waals surface area contributed by atoms with E-state index in [0.29, 0.717) is 0 Å². The molecule has 2 heterocycles. The van der Waals surface area contributed by atoms with Crippen LogP contribution in [0.3, 0.4) is 0 Å². The molecule has 67 heavy (non-hydrogen) atoms. The second-order valence-electron chi connectivity index (χ2n) is 17.3. The van der Waals surface area contributed by atoms with E-state index in [0.717, 1.165) is 39.6 Å². The van der Waals surface area contributed by atoms with Crippen LogP contribution in [0.1, 0.15) is 0 Å². The molecule has 1 aliphatic heterocycles. The maximum atomic E-state index is 2.43. The molecule has 3 heteroatoms. The topological polar surface area (TPSA) is 11.4 Å². The maximum Gasteiger partial charge on any atom is 0.0546 e. The van der Waals surface area contributed by atoms with E-state index in [1.54, 1.807) is 0 Å². The van der Waals surface area contributed by atoms with Crippen molar-refractivity contribution in [2.24, 2.45) is 0 Å². The molecular weight excluding hydrogens is 811 g/mol. The summed E-state index contributed by atoms with van der Waals surface area (Å²) >= 11 is 0. The zero-order valence-corrected chi connectivity index (χ0v) is 36.7. The van der Waals surface area contributed by atoms with Crippen LogP contribution in [-0.4, -0.2) is 4.57 Å².